The molecule has 3 aromatic rings. The summed E-state index contributed by atoms with van der Waals surface area (Å²) in [5.74, 6) is -0.437. The molecule has 0 bridgehead atoms. The summed E-state index contributed by atoms with van der Waals surface area (Å²) < 4.78 is 29.8. The fourth-order valence-electron chi connectivity index (χ4n) is 2.87. The summed E-state index contributed by atoms with van der Waals surface area (Å²) in [7, 11) is 0. The van der Waals surface area contributed by atoms with Gasteiger partial charge in [0.25, 0.3) is 0 Å². The highest BCUT2D eigenvalue weighted by molar-refractivity contribution is 5.59. The van der Waals surface area contributed by atoms with Gasteiger partial charge in [0.05, 0.1) is 11.7 Å². The Labute approximate surface area is 158 Å². The number of hydrogen-bond donors (Lipinski definition) is 1. The van der Waals surface area contributed by atoms with Gasteiger partial charge in [-0.05, 0) is 23.8 Å². The minimum absolute atomic E-state index is 0.117. The number of halogens is 2. The van der Waals surface area contributed by atoms with E-state index < -0.39 is 23.1 Å². The van der Waals surface area contributed by atoms with E-state index in [4.69, 9.17) is 5.73 Å². The lowest BCUT2D eigenvalue weighted by Gasteiger charge is -2.28. The second-order valence-corrected chi connectivity index (χ2v) is 7.23. The smallest absolute Gasteiger partial charge is 0.132 e. The molecule has 0 spiro atoms. The molecule has 0 saturated heterocycles. The van der Waals surface area contributed by atoms with E-state index in [1.54, 1.807) is 12.3 Å². The van der Waals surface area contributed by atoms with Crippen LogP contribution in [-0.4, -0.2) is 9.55 Å². The first kappa shape index (κ1) is 19.0. The first-order valence-corrected chi connectivity index (χ1v) is 8.77. The van der Waals surface area contributed by atoms with Crippen LogP contribution in [0.4, 0.5) is 8.78 Å². The minimum atomic E-state index is -0.524. The van der Waals surface area contributed by atoms with Crippen molar-refractivity contribution >= 4 is 0 Å². The summed E-state index contributed by atoms with van der Waals surface area (Å²) in [6.07, 6.45) is 3.50. The van der Waals surface area contributed by atoms with Crippen molar-refractivity contribution in [3.63, 3.8) is 0 Å². The van der Waals surface area contributed by atoms with E-state index >= 15 is 0 Å². The van der Waals surface area contributed by atoms with Gasteiger partial charge in [0, 0.05) is 23.7 Å². The van der Waals surface area contributed by atoms with Crippen LogP contribution >= 0.6 is 0 Å². The quantitative estimate of drug-likeness (QED) is 0.617. The van der Waals surface area contributed by atoms with Gasteiger partial charge in [0.15, 0.2) is 0 Å². The lowest BCUT2D eigenvalue weighted by Crippen LogP contribution is -2.30. The lowest BCUT2D eigenvalue weighted by atomic mass is 9.84. The third-order valence-corrected chi connectivity index (χ3v) is 4.81. The largest absolute Gasteiger partial charge is 0.329 e. The number of nitrogens with two attached hydrogens (primary N) is 1. The SMILES string of the molecule is C=CC(C)(C)C(N)c1nc(-c2cc(F)ccc2F)cn1Cc1ccccc1. The van der Waals surface area contributed by atoms with Crippen molar-refractivity contribution in [2.24, 2.45) is 11.1 Å². The Bertz CT molecular complexity index is 945. The molecular formula is C22H23F2N3. The highest BCUT2D eigenvalue weighted by Gasteiger charge is 2.29. The van der Waals surface area contributed by atoms with E-state index in [-0.39, 0.29) is 5.56 Å². The molecule has 140 valence electrons. The Balaban J connectivity index is 2.11. The zero-order chi connectivity index (χ0) is 19.6. The second-order valence-electron chi connectivity index (χ2n) is 7.23. The van der Waals surface area contributed by atoms with E-state index in [1.165, 1.54) is 0 Å². The molecule has 0 fully saturated rings. The van der Waals surface area contributed by atoms with Crippen LogP contribution < -0.4 is 5.73 Å². The maximum absolute atomic E-state index is 14.3. The van der Waals surface area contributed by atoms with Gasteiger partial charge in [-0.15, -0.1) is 6.58 Å². The molecule has 1 unspecified atom stereocenters. The van der Waals surface area contributed by atoms with Crippen LogP contribution in [0.25, 0.3) is 11.3 Å². The molecule has 3 rings (SSSR count). The highest BCUT2D eigenvalue weighted by atomic mass is 19.1. The number of imidazole rings is 1. The Kier molecular flexibility index (Phi) is 5.24. The van der Waals surface area contributed by atoms with Crippen molar-refractivity contribution in [3.8, 4) is 11.3 Å². The van der Waals surface area contributed by atoms with Crippen molar-refractivity contribution in [2.75, 3.05) is 0 Å². The Morgan fingerprint density at radius 3 is 2.56 bits per heavy atom. The van der Waals surface area contributed by atoms with Gasteiger partial charge in [-0.25, -0.2) is 13.8 Å². The fraction of sp³-hybridized carbons (Fsp3) is 0.227. The monoisotopic (exact) mass is 367 g/mol. The number of rotatable bonds is 6. The predicted octanol–water partition coefficient (Wildman–Crippen LogP) is 5.09. The van der Waals surface area contributed by atoms with Gasteiger partial charge in [0.2, 0.25) is 0 Å². The third-order valence-electron chi connectivity index (χ3n) is 4.81. The molecule has 0 amide bonds. The van der Waals surface area contributed by atoms with E-state index in [1.807, 2.05) is 48.7 Å². The van der Waals surface area contributed by atoms with Crippen molar-refractivity contribution < 1.29 is 8.78 Å². The van der Waals surface area contributed by atoms with Gasteiger partial charge in [-0.3, -0.25) is 0 Å². The molecule has 0 saturated carbocycles. The maximum Gasteiger partial charge on any atom is 0.132 e. The zero-order valence-corrected chi connectivity index (χ0v) is 15.5. The van der Waals surface area contributed by atoms with E-state index in [0.29, 0.717) is 18.1 Å². The van der Waals surface area contributed by atoms with Crippen molar-refractivity contribution in [2.45, 2.75) is 26.4 Å². The number of benzene rings is 2. The van der Waals surface area contributed by atoms with E-state index in [9.17, 15) is 8.78 Å². The van der Waals surface area contributed by atoms with E-state index in [2.05, 4.69) is 11.6 Å². The minimum Gasteiger partial charge on any atom is -0.329 e. The zero-order valence-electron chi connectivity index (χ0n) is 15.5. The average Bonchev–Trinajstić information content (AvgIpc) is 3.07. The Morgan fingerprint density at radius 1 is 1.19 bits per heavy atom. The summed E-state index contributed by atoms with van der Waals surface area (Å²) in [5.41, 5.74) is 7.59. The topological polar surface area (TPSA) is 43.8 Å². The summed E-state index contributed by atoms with van der Waals surface area (Å²) in [5, 5.41) is 0. The second kappa shape index (κ2) is 7.45. The molecule has 1 atom stereocenters. The van der Waals surface area contributed by atoms with Gasteiger partial charge in [-0.1, -0.05) is 50.3 Å². The Morgan fingerprint density at radius 2 is 1.89 bits per heavy atom. The predicted molar refractivity (Wildman–Crippen MR) is 104 cm³/mol. The van der Waals surface area contributed by atoms with Crippen LogP contribution in [0.1, 0.15) is 31.3 Å². The molecule has 0 aliphatic carbocycles. The summed E-state index contributed by atoms with van der Waals surface area (Å²) in [6, 6.07) is 12.7. The molecule has 3 nitrogen and oxygen atoms in total. The van der Waals surface area contributed by atoms with Gasteiger partial charge < -0.3 is 10.3 Å². The highest BCUT2D eigenvalue weighted by Crippen LogP contribution is 2.34. The van der Waals surface area contributed by atoms with Crippen molar-refractivity contribution in [3.05, 3.63) is 90.4 Å². The molecule has 2 N–H and O–H groups in total. The molecule has 0 radical (unpaired) electrons. The summed E-state index contributed by atoms with van der Waals surface area (Å²) in [6.45, 7) is 8.32. The number of nitrogens with zero attached hydrogens (tertiary/aromatic N) is 2. The lowest BCUT2D eigenvalue weighted by molar-refractivity contribution is 0.358. The van der Waals surface area contributed by atoms with Crippen LogP contribution in [0.3, 0.4) is 0 Å². The normalized spacial score (nSPS) is 12.8. The Hall–Kier alpha value is -2.79. The van der Waals surface area contributed by atoms with Crippen LogP contribution in [0, 0.1) is 17.0 Å². The van der Waals surface area contributed by atoms with Crippen molar-refractivity contribution in [1.29, 1.82) is 0 Å². The van der Waals surface area contributed by atoms with Crippen LogP contribution in [0.5, 0.6) is 0 Å². The van der Waals surface area contributed by atoms with E-state index in [0.717, 1.165) is 23.8 Å². The van der Waals surface area contributed by atoms with Gasteiger partial charge >= 0.3 is 0 Å². The molecule has 0 aliphatic rings. The molecular weight excluding hydrogens is 344 g/mol. The molecule has 5 heteroatoms. The van der Waals surface area contributed by atoms with Crippen molar-refractivity contribution in [1.82, 2.24) is 9.55 Å². The molecule has 27 heavy (non-hydrogen) atoms. The fourth-order valence-corrected chi connectivity index (χ4v) is 2.87. The van der Waals surface area contributed by atoms with Crippen LogP contribution in [-0.2, 0) is 6.54 Å². The maximum atomic E-state index is 14.3. The summed E-state index contributed by atoms with van der Waals surface area (Å²) >= 11 is 0. The molecule has 1 heterocycles. The van der Waals surface area contributed by atoms with Crippen LogP contribution in [0.2, 0.25) is 0 Å². The number of aromatic nitrogens is 2. The molecule has 0 aliphatic heterocycles. The summed E-state index contributed by atoms with van der Waals surface area (Å²) in [4.78, 5) is 4.58. The first-order valence-electron chi connectivity index (χ1n) is 8.77. The van der Waals surface area contributed by atoms with Gasteiger partial charge in [0.1, 0.15) is 17.5 Å². The number of hydrogen-bond acceptors (Lipinski definition) is 2. The average molecular weight is 367 g/mol. The van der Waals surface area contributed by atoms with Gasteiger partial charge in [-0.2, -0.15) is 0 Å². The van der Waals surface area contributed by atoms with Crippen LogP contribution in [0.15, 0.2) is 67.4 Å². The molecule has 1 aromatic heterocycles. The molecule has 2 aromatic carbocycles. The third kappa shape index (κ3) is 3.98. The first-order chi connectivity index (χ1) is 12.8. The standard InChI is InChI=1S/C22H23F2N3/c1-4-22(2,3)20(25)21-26-19(17-12-16(23)10-11-18(17)24)14-27(21)13-15-8-6-5-7-9-15/h4-12,14,20H,1,13,25H2,2-3H3.